The average Bonchev–Trinajstić information content (AvgIpc) is 2.71. The van der Waals surface area contributed by atoms with Crippen LogP contribution >= 0.6 is 11.8 Å². The Balaban J connectivity index is 1.72. The van der Waals surface area contributed by atoms with Gasteiger partial charge in [0, 0.05) is 37.1 Å². The molecular formula is C21H28N2O4S2. The maximum Gasteiger partial charge on any atom is 0.232 e. The molecule has 0 saturated carbocycles. The summed E-state index contributed by atoms with van der Waals surface area (Å²) in [6.45, 7) is 0.837. The number of hydrogen-bond acceptors (Lipinski definition) is 5. The molecule has 0 unspecified atom stereocenters. The Hall–Kier alpha value is -2.19. The number of anilines is 1. The molecule has 0 aromatic heterocycles. The highest BCUT2D eigenvalue weighted by Crippen LogP contribution is 2.23. The lowest BCUT2D eigenvalue weighted by Crippen LogP contribution is -2.32. The second-order valence-corrected chi connectivity index (χ2v) is 9.54. The zero-order valence-corrected chi connectivity index (χ0v) is 18.5. The first kappa shape index (κ1) is 23.1. The fourth-order valence-electron chi connectivity index (χ4n) is 2.75. The van der Waals surface area contributed by atoms with Crippen molar-refractivity contribution in [1.29, 1.82) is 0 Å². The first-order valence-electron chi connectivity index (χ1n) is 9.40. The monoisotopic (exact) mass is 436 g/mol. The number of nitrogens with one attached hydrogen (secondary N) is 1. The van der Waals surface area contributed by atoms with Crippen molar-refractivity contribution in [2.75, 3.05) is 36.5 Å². The van der Waals surface area contributed by atoms with E-state index < -0.39 is 10.0 Å². The van der Waals surface area contributed by atoms with Gasteiger partial charge in [-0.15, -0.1) is 0 Å². The normalized spacial score (nSPS) is 11.1. The Morgan fingerprint density at radius 1 is 1.14 bits per heavy atom. The van der Waals surface area contributed by atoms with Gasteiger partial charge in [-0.25, -0.2) is 8.42 Å². The first-order chi connectivity index (χ1) is 13.9. The van der Waals surface area contributed by atoms with Gasteiger partial charge in [-0.05, 0) is 24.1 Å². The zero-order chi connectivity index (χ0) is 21.1. The van der Waals surface area contributed by atoms with Crippen molar-refractivity contribution in [3.63, 3.8) is 0 Å². The van der Waals surface area contributed by atoms with Crippen LogP contribution in [-0.4, -0.2) is 46.5 Å². The highest BCUT2D eigenvalue weighted by molar-refractivity contribution is 7.98. The number of rotatable bonds is 12. The molecule has 158 valence electrons. The fourth-order valence-corrected chi connectivity index (χ4v) is 4.53. The lowest BCUT2D eigenvalue weighted by atomic mass is 10.2. The summed E-state index contributed by atoms with van der Waals surface area (Å²) in [7, 11) is -1.91. The summed E-state index contributed by atoms with van der Waals surface area (Å²) in [6, 6.07) is 17.1. The second-order valence-electron chi connectivity index (χ2n) is 6.53. The third-order valence-corrected chi connectivity index (χ3v) is 6.41. The van der Waals surface area contributed by atoms with Crippen LogP contribution in [0.15, 0.2) is 54.6 Å². The van der Waals surface area contributed by atoms with Crippen molar-refractivity contribution < 1.29 is 17.9 Å². The molecule has 0 aliphatic rings. The van der Waals surface area contributed by atoms with E-state index in [0.29, 0.717) is 24.4 Å². The second kappa shape index (κ2) is 11.7. The van der Waals surface area contributed by atoms with Crippen molar-refractivity contribution >= 4 is 33.4 Å². The number of carbonyl (C=O) groups excluding carboxylic acids is 1. The zero-order valence-electron chi connectivity index (χ0n) is 16.8. The molecule has 0 spiro atoms. The summed E-state index contributed by atoms with van der Waals surface area (Å²) >= 11 is 1.77. The standard InChI is InChI=1S/C21H28N2O4S2/c1-27-20-11-6-10-19(16-20)23(29(2,25)26)14-7-12-21(24)22-13-15-28-17-18-8-4-3-5-9-18/h3-6,8-11,16H,7,12-15,17H2,1-2H3,(H,22,24). The van der Waals surface area contributed by atoms with Crippen LogP contribution in [0.25, 0.3) is 0 Å². The number of sulfonamides is 1. The first-order valence-corrected chi connectivity index (χ1v) is 12.4. The molecule has 2 aromatic carbocycles. The van der Waals surface area contributed by atoms with Crippen molar-refractivity contribution in [1.82, 2.24) is 5.32 Å². The maximum atomic E-state index is 12.1. The molecule has 0 heterocycles. The van der Waals surface area contributed by atoms with Gasteiger partial charge < -0.3 is 10.1 Å². The Kier molecular flexibility index (Phi) is 9.34. The highest BCUT2D eigenvalue weighted by Gasteiger charge is 2.18. The predicted molar refractivity (Wildman–Crippen MR) is 120 cm³/mol. The predicted octanol–water partition coefficient (Wildman–Crippen LogP) is 3.29. The Labute approximate surface area is 177 Å². The summed E-state index contributed by atoms with van der Waals surface area (Å²) < 4.78 is 30.8. The van der Waals surface area contributed by atoms with Crippen molar-refractivity contribution in [2.24, 2.45) is 0 Å². The molecule has 1 N–H and O–H groups in total. The quantitative estimate of drug-likeness (QED) is 0.517. The fraction of sp³-hybridized carbons (Fsp3) is 0.381. The summed E-state index contributed by atoms with van der Waals surface area (Å²) in [6.07, 6.45) is 1.88. The number of ether oxygens (including phenoxy) is 1. The highest BCUT2D eigenvalue weighted by atomic mass is 32.2. The third kappa shape index (κ3) is 8.37. The number of nitrogens with zero attached hydrogens (tertiary/aromatic N) is 1. The Morgan fingerprint density at radius 2 is 1.90 bits per heavy atom. The minimum Gasteiger partial charge on any atom is -0.497 e. The van der Waals surface area contributed by atoms with Gasteiger partial charge in [0.25, 0.3) is 0 Å². The van der Waals surface area contributed by atoms with E-state index in [9.17, 15) is 13.2 Å². The van der Waals surface area contributed by atoms with Crippen molar-refractivity contribution in [2.45, 2.75) is 18.6 Å². The SMILES string of the molecule is COc1cccc(N(CCCC(=O)NCCSCc2ccccc2)S(C)(=O)=O)c1. The number of methoxy groups -OCH3 is 1. The lowest BCUT2D eigenvalue weighted by molar-refractivity contribution is -0.121. The average molecular weight is 437 g/mol. The van der Waals surface area contributed by atoms with Gasteiger partial charge in [0.05, 0.1) is 19.1 Å². The van der Waals surface area contributed by atoms with Crippen LogP contribution in [0, 0.1) is 0 Å². The Morgan fingerprint density at radius 3 is 2.59 bits per heavy atom. The van der Waals surface area contributed by atoms with Gasteiger partial charge in [0.15, 0.2) is 0 Å². The Bertz CT molecular complexity index is 873. The van der Waals surface area contributed by atoms with Crippen LogP contribution in [0.3, 0.4) is 0 Å². The molecule has 0 radical (unpaired) electrons. The smallest absolute Gasteiger partial charge is 0.232 e. The minimum atomic E-state index is -3.45. The molecule has 0 bridgehead atoms. The van der Waals surface area contributed by atoms with Gasteiger partial charge in [-0.3, -0.25) is 9.10 Å². The molecule has 6 nitrogen and oxygen atoms in total. The van der Waals surface area contributed by atoms with Gasteiger partial charge in [0.1, 0.15) is 5.75 Å². The van der Waals surface area contributed by atoms with E-state index >= 15 is 0 Å². The molecule has 0 atom stereocenters. The molecular weight excluding hydrogens is 408 g/mol. The van der Waals surface area contributed by atoms with Crippen LogP contribution in [0.1, 0.15) is 18.4 Å². The van der Waals surface area contributed by atoms with Gasteiger partial charge >= 0.3 is 0 Å². The molecule has 2 rings (SSSR count). The molecule has 2 aromatic rings. The van der Waals surface area contributed by atoms with Crippen LogP contribution in [0.2, 0.25) is 0 Å². The topological polar surface area (TPSA) is 75.7 Å². The van der Waals surface area contributed by atoms with Crippen LogP contribution in [0.4, 0.5) is 5.69 Å². The molecule has 8 heteroatoms. The number of benzene rings is 2. The van der Waals surface area contributed by atoms with Crippen molar-refractivity contribution in [3.05, 3.63) is 60.2 Å². The van der Waals surface area contributed by atoms with E-state index in [2.05, 4.69) is 17.4 Å². The van der Waals surface area contributed by atoms with E-state index in [1.165, 1.54) is 17.0 Å². The maximum absolute atomic E-state index is 12.1. The lowest BCUT2D eigenvalue weighted by Gasteiger charge is -2.22. The van der Waals surface area contributed by atoms with Gasteiger partial charge in [-0.1, -0.05) is 36.4 Å². The molecule has 0 aliphatic heterocycles. The largest absolute Gasteiger partial charge is 0.497 e. The third-order valence-electron chi connectivity index (χ3n) is 4.19. The van der Waals surface area contributed by atoms with Crippen molar-refractivity contribution in [3.8, 4) is 5.75 Å². The molecule has 0 aliphatic carbocycles. The summed E-state index contributed by atoms with van der Waals surface area (Å²) in [5.41, 5.74) is 1.80. The van der Waals surface area contributed by atoms with E-state index in [4.69, 9.17) is 4.74 Å². The van der Waals surface area contributed by atoms with Crippen LogP contribution in [0.5, 0.6) is 5.75 Å². The van der Waals surface area contributed by atoms with Gasteiger partial charge in [-0.2, -0.15) is 11.8 Å². The summed E-state index contributed by atoms with van der Waals surface area (Å²) in [5, 5.41) is 2.89. The summed E-state index contributed by atoms with van der Waals surface area (Å²) in [5.74, 6) is 2.27. The van der Waals surface area contributed by atoms with Crippen LogP contribution in [-0.2, 0) is 20.6 Å². The van der Waals surface area contributed by atoms with E-state index in [1.807, 2.05) is 18.2 Å². The van der Waals surface area contributed by atoms with E-state index in [-0.39, 0.29) is 18.9 Å². The van der Waals surface area contributed by atoms with E-state index in [0.717, 1.165) is 17.8 Å². The molecule has 0 saturated heterocycles. The molecule has 29 heavy (non-hydrogen) atoms. The number of hydrogen-bond donors (Lipinski definition) is 1. The molecule has 0 fully saturated rings. The molecule has 1 amide bonds. The minimum absolute atomic E-state index is 0.0654. The number of amides is 1. The number of carbonyl (C=O) groups is 1. The number of thioether (sulfide) groups is 1. The van der Waals surface area contributed by atoms with Crippen LogP contribution < -0.4 is 14.4 Å². The summed E-state index contributed by atoms with van der Waals surface area (Å²) in [4.78, 5) is 12.0. The van der Waals surface area contributed by atoms with Gasteiger partial charge in [0.2, 0.25) is 15.9 Å². The van der Waals surface area contributed by atoms with E-state index in [1.54, 1.807) is 36.0 Å².